The van der Waals surface area contributed by atoms with Gasteiger partial charge < -0.3 is 10.8 Å². The molecular weight excluding hydrogens is 310 g/mol. The minimum absolute atomic E-state index is 0.205. The first-order chi connectivity index (χ1) is 10.7. The van der Waals surface area contributed by atoms with E-state index in [9.17, 15) is 29.3 Å². The quantitative estimate of drug-likeness (QED) is 0.420. The molecule has 0 aromatic heterocycles. The second kappa shape index (κ2) is 5.83. The number of nitrogens with zero attached hydrogens (tertiary/aromatic N) is 2. The zero-order valence-corrected chi connectivity index (χ0v) is 11.6. The van der Waals surface area contributed by atoms with Gasteiger partial charge in [-0.25, -0.2) is 0 Å². The van der Waals surface area contributed by atoms with Gasteiger partial charge in [-0.1, -0.05) is 6.07 Å². The van der Waals surface area contributed by atoms with Crippen molar-refractivity contribution >= 4 is 29.4 Å². The molecule has 120 valence electrons. The van der Waals surface area contributed by atoms with Crippen LogP contribution in [0.2, 0.25) is 0 Å². The fraction of sp³-hybridized carbons (Fsp3) is 0.231. The molecule has 3 amide bonds. The van der Waals surface area contributed by atoms with Gasteiger partial charge in [0.05, 0.1) is 22.9 Å². The summed E-state index contributed by atoms with van der Waals surface area (Å²) >= 11 is 0. The van der Waals surface area contributed by atoms with Crippen LogP contribution in [0.4, 0.5) is 5.69 Å². The number of amides is 3. The lowest BCUT2D eigenvalue weighted by atomic mass is 10.1. The molecule has 1 aromatic rings. The van der Waals surface area contributed by atoms with E-state index in [1.54, 1.807) is 0 Å². The van der Waals surface area contributed by atoms with Crippen molar-refractivity contribution in [3.63, 3.8) is 0 Å². The predicted molar refractivity (Wildman–Crippen MR) is 73.4 cm³/mol. The van der Waals surface area contributed by atoms with Crippen molar-refractivity contribution in [1.82, 2.24) is 4.90 Å². The fourth-order valence-electron chi connectivity index (χ4n) is 2.46. The first-order valence-electron chi connectivity index (χ1n) is 6.39. The van der Waals surface area contributed by atoms with Crippen LogP contribution in [0.5, 0.6) is 0 Å². The Labute approximate surface area is 128 Å². The van der Waals surface area contributed by atoms with Gasteiger partial charge in [0.2, 0.25) is 5.91 Å². The second-order valence-corrected chi connectivity index (χ2v) is 4.86. The van der Waals surface area contributed by atoms with Gasteiger partial charge in [0.1, 0.15) is 5.56 Å². The number of carbonyl (C=O) groups excluding carboxylic acids is 3. The van der Waals surface area contributed by atoms with Gasteiger partial charge in [-0.3, -0.25) is 34.2 Å². The molecule has 1 unspecified atom stereocenters. The number of benzene rings is 1. The molecule has 1 atom stereocenters. The lowest BCUT2D eigenvalue weighted by Gasteiger charge is -2.23. The molecule has 0 fully saturated rings. The molecule has 10 nitrogen and oxygen atoms in total. The van der Waals surface area contributed by atoms with E-state index >= 15 is 0 Å². The lowest BCUT2D eigenvalue weighted by molar-refractivity contribution is -0.385. The standard InChI is InChI=1S/C13H11N3O7/c14-9(17)4-6(5-10(18)19)15-12(20)7-2-1-3-8(16(22)23)11(7)13(15)21/h1-3,6H,4-5H2,(H2,14,17)(H,18,19). The van der Waals surface area contributed by atoms with Crippen molar-refractivity contribution in [2.45, 2.75) is 18.9 Å². The molecule has 0 aliphatic carbocycles. The number of carboxylic acids is 1. The minimum Gasteiger partial charge on any atom is -0.481 e. The van der Waals surface area contributed by atoms with Crippen LogP contribution >= 0.6 is 0 Å². The number of imide groups is 1. The molecule has 1 aliphatic rings. The molecule has 1 aliphatic heterocycles. The maximum absolute atomic E-state index is 12.4. The number of nitro benzene ring substituents is 1. The average molecular weight is 321 g/mol. The minimum atomic E-state index is -1.35. The molecule has 0 saturated carbocycles. The second-order valence-electron chi connectivity index (χ2n) is 4.86. The zero-order valence-electron chi connectivity index (χ0n) is 11.6. The summed E-state index contributed by atoms with van der Waals surface area (Å²) in [7, 11) is 0. The average Bonchev–Trinajstić information content (AvgIpc) is 2.69. The highest BCUT2D eigenvalue weighted by Crippen LogP contribution is 2.32. The summed E-state index contributed by atoms with van der Waals surface area (Å²) in [5.41, 5.74) is 3.84. The third kappa shape index (κ3) is 2.86. The van der Waals surface area contributed by atoms with Crippen LogP contribution in [0.3, 0.4) is 0 Å². The van der Waals surface area contributed by atoms with Crippen molar-refractivity contribution in [2.24, 2.45) is 5.73 Å². The number of primary amides is 1. The molecule has 0 radical (unpaired) electrons. The molecule has 3 N–H and O–H groups in total. The highest BCUT2D eigenvalue weighted by Gasteiger charge is 2.44. The van der Waals surface area contributed by atoms with Gasteiger partial charge in [0.15, 0.2) is 0 Å². The van der Waals surface area contributed by atoms with Gasteiger partial charge >= 0.3 is 5.97 Å². The predicted octanol–water partition coefficient (Wildman–Crippen LogP) is -0.0905. The molecule has 0 spiro atoms. The van der Waals surface area contributed by atoms with E-state index < -0.39 is 58.7 Å². The van der Waals surface area contributed by atoms with E-state index in [-0.39, 0.29) is 5.56 Å². The summed E-state index contributed by atoms with van der Waals surface area (Å²) in [4.78, 5) is 57.4. The Kier molecular flexibility index (Phi) is 4.08. The summed E-state index contributed by atoms with van der Waals surface area (Å²) in [5, 5.41) is 19.9. The van der Waals surface area contributed by atoms with Crippen molar-refractivity contribution in [3.8, 4) is 0 Å². The van der Waals surface area contributed by atoms with Crippen LogP contribution in [0, 0.1) is 10.1 Å². The molecule has 0 saturated heterocycles. The number of hydrogen-bond acceptors (Lipinski definition) is 6. The molecular formula is C13H11N3O7. The van der Waals surface area contributed by atoms with E-state index in [2.05, 4.69) is 0 Å². The lowest BCUT2D eigenvalue weighted by Crippen LogP contribution is -2.43. The number of fused-ring (bicyclic) bond motifs is 1. The monoisotopic (exact) mass is 321 g/mol. The third-order valence-electron chi connectivity index (χ3n) is 3.33. The van der Waals surface area contributed by atoms with Crippen LogP contribution < -0.4 is 5.73 Å². The number of hydrogen-bond donors (Lipinski definition) is 2. The summed E-state index contributed by atoms with van der Waals surface area (Å²) in [6, 6.07) is 2.22. The van der Waals surface area contributed by atoms with E-state index in [4.69, 9.17) is 10.8 Å². The number of carboxylic acid groups (broad SMARTS) is 1. The number of nitrogens with two attached hydrogens (primary N) is 1. The summed E-state index contributed by atoms with van der Waals surface area (Å²) in [5.74, 6) is -4.14. The molecule has 1 heterocycles. The molecule has 2 rings (SSSR count). The van der Waals surface area contributed by atoms with Crippen LogP contribution in [0.15, 0.2) is 18.2 Å². The molecule has 0 bridgehead atoms. The first-order valence-corrected chi connectivity index (χ1v) is 6.39. The van der Waals surface area contributed by atoms with Crippen molar-refractivity contribution in [1.29, 1.82) is 0 Å². The Balaban J connectivity index is 2.49. The SMILES string of the molecule is NC(=O)CC(CC(=O)O)N1C(=O)c2cccc([N+](=O)[O-])c2C1=O. The van der Waals surface area contributed by atoms with E-state index in [1.165, 1.54) is 12.1 Å². The van der Waals surface area contributed by atoms with E-state index in [0.29, 0.717) is 4.90 Å². The Morgan fingerprint density at radius 2 is 1.91 bits per heavy atom. The van der Waals surface area contributed by atoms with Crippen LogP contribution in [-0.4, -0.2) is 44.7 Å². The molecule has 23 heavy (non-hydrogen) atoms. The van der Waals surface area contributed by atoms with Crippen LogP contribution in [0.1, 0.15) is 33.6 Å². The van der Waals surface area contributed by atoms with Gasteiger partial charge in [-0.2, -0.15) is 0 Å². The van der Waals surface area contributed by atoms with Crippen LogP contribution in [0.25, 0.3) is 0 Å². The maximum atomic E-state index is 12.4. The summed E-state index contributed by atoms with van der Waals surface area (Å²) in [6.45, 7) is 0. The Bertz CT molecular complexity index is 727. The topological polar surface area (TPSA) is 161 Å². The number of aliphatic carboxylic acids is 1. The van der Waals surface area contributed by atoms with Crippen LogP contribution in [-0.2, 0) is 9.59 Å². The normalized spacial score (nSPS) is 14.5. The third-order valence-corrected chi connectivity index (χ3v) is 3.33. The number of carbonyl (C=O) groups is 4. The van der Waals surface area contributed by atoms with Gasteiger partial charge in [0.25, 0.3) is 17.5 Å². The summed E-state index contributed by atoms with van der Waals surface area (Å²) < 4.78 is 0. The zero-order chi connectivity index (χ0) is 17.3. The summed E-state index contributed by atoms with van der Waals surface area (Å²) in [6.07, 6.45) is -1.24. The Morgan fingerprint density at radius 1 is 1.26 bits per heavy atom. The Hall–Kier alpha value is -3.30. The number of rotatable bonds is 6. The van der Waals surface area contributed by atoms with Crippen molar-refractivity contribution < 1.29 is 29.2 Å². The smallest absolute Gasteiger partial charge is 0.305 e. The first kappa shape index (κ1) is 16.1. The van der Waals surface area contributed by atoms with E-state index in [0.717, 1.165) is 6.07 Å². The maximum Gasteiger partial charge on any atom is 0.305 e. The van der Waals surface area contributed by atoms with E-state index in [1.807, 2.05) is 0 Å². The highest BCUT2D eigenvalue weighted by atomic mass is 16.6. The van der Waals surface area contributed by atoms with Gasteiger partial charge in [-0.15, -0.1) is 0 Å². The fourth-order valence-corrected chi connectivity index (χ4v) is 2.46. The largest absolute Gasteiger partial charge is 0.481 e. The Morgan fingerprint density at radius 3 is 2.43 bits per heavy atom. The molecule has 10 heteroatoms. The molecule has 1 aromatic carbocycles. The van der Waals surface area contributed by atoms with Crippen molar-refractivity contribution in [3.05, 3.63) is 39.4 Å². The van der Waals surface area contributed by atoms with Gasteiger partial charge in [-0.05, 0) is 6.07 Å². The van der Waals surface area contributed by atoms with Gasteiger partial charge in [0, 0.05) is 12.5 Å². The highest BCUT2D eigenvalue weighted by molar-refractivity contribution is 6.23. The van der Waals surface area contributed by atoms with Crippen molar-refractivity contribution in [2.75, 3.05) is 0 Å². The number of nitro groups is 1.